The lowest BCUT2D eigenvalue weighted by Gasteiger charge is -2.33. The number of sulfonamides is 1. The summed E-state index contributed by atoms with van der Waals surface area (Å²) in [6, 6.07) is 13.4. The first-order valence-electron chi connectivity index (χ1n) is 10.9. The number of nitriles is 1. The Kier molecular flexibility index (Phi) is 5.47. The maximum Gasteiger partial charge on any atom is 0.249 e. The van der Waals surface area contributed by atoms with E-state index in [1.807, 2.05) is 24.3 Å². The molecule has 2 fully saturated rings. The molecule has 2 N–H and O–H groups in total. The van der Waals surface area contributed by atoms with Crippen molar-refractivity contribution >= 4 is 33.3 Å². The summed E-state index contributed by atoms with van der Waals surface area (Å²) in [5.74, 6) is 1.17. The third-order valence-corrected chi connectivity index (χ3v) is 7.46. The van der Waals surface area contributed by atoms with E-state index in [1.54, 1.807) is 16.6 Å². The number of nitrogens with one attached hydrogen (secondary N) is 2. The Hall–Kier alpha value is -3.49. The molecule has 1 aromatic carbocycles. The molecule has 1 aliphatic carbocycles. The monoisotopic (exact) mass is 465 g/mol. The number of aromatic nitrogens is 3. The van der Waals surface area contributed by atoms with Crippen LogP contribution in [0.5, 0.6) is 0 Å². The summed E-state index contributed by atoms with van der Waals surface area (Å²) in [5.41, 5.74) is 0.945. The molecular formula is C22H23N7O3S. The molecule has 170 valence electrons. The van der Waals surface area contributed by atoms with Gasteiger partial charge in [0.15, 0.2) is 5.65 Å². The van der Waals surface area contributed by atoms with Gasteiger partial charge in [-0.3, -0.25) is 10.1 Å². The minimum absolute atomic E-state index is 0.0409. The van der Waals surface area contributed by atoms with Gasteiger partial charge in [-0.15, -0.1) is 5.10 Å². The van der Waals surface area contributed by atoms with Crippen LogP contribution in [0.15, 0.2) is 47.4 Å². The zero-order valence-corrected chi connectivity index (χ0v) is 18.6. The molecule has 0 unspecified atom stereocenters. The van der Waals surface area contributed by atoms with Crippen molar-refractivity contribution in [2.75, 3.05) is 23.3 Å². The van der Waals surface area contributed by atoms with Gasteiger partial charge < -0.3 is 4.90 Å². The van der Waals surface area contributed by atoms with E-state index in [1.165, 1.54) is 12.1 Å². The van der Waals surface area contributed by atoms with Crippen LogP contribution in [0, 0.1) is 17.2 Å². The predicted molar refractivity (Wildman–Crippen MR) is 121 cm³/mol. The summed E-state index contributed by atoms with van der Waals surface area (Å²) in [6.07, 6.45) is 3.06. The topological polar surface area (TPSA) is 132 Å². The standard InChI is InChI=1S/C22H23N7O3S/c23-14-15-3-1-4-18(13-15)33(31,32)27-17-9-11-28(12-10-17)20-6-2-5-19-24-22(26-29(19)20)25-21(30)16-7-8-16/h1-6,13,16-17,27H,7-12H2,(H,25,26,30). The number of anilines is 2. The van der Waals surface area contributed by atoms with Crippen LogP contribution >= 0.6 is 0 Å². The number of hydrogen-bond acceptors (Lipinski definition) is 7. The second-order valence-corrected chi connectivity index (χ2v) is 10.1. The van der Waals surface area contributed by atoms with Crippen LogP contribution in [-0.2, 0) is 14.8 Å². The highest BCUT2D eigenvalue weighted by atomic mass is 32.2. The predicted octanol–water partition coefficient (Wildman–Crippen LogP) is 1.90. The molecule has 5 rings (SSSR count). The summed E-state index contributed by atoms with van der Waals surface area (Å²) in [6.45, 7) is 1.27. The van der Waals surface area contributed by atoms with Crippen molar-refractivity contribution in [2.45, 2.75) is 36.6 Å². The fraction of sp³-hybridized carbons (Fsp3) is 0.364. The summed E-state index contributed by atoms with van der Waals surface area (Å²) < 4.78 is 30.0. The Morgan fingerprint density at radius 3 is 2.58 bits per heavy atom. The molecule has 1 saturated carbocycles. The number of nitrogens with zero attached hydrogens (tertiary/aromatic N) is 5. The SMILES string of the molecule is N#Cc1cccc(S(=O)(=O)NC2CCN(c3cccc4nc(NC(=O)C5CC5)nn34)CC2)c1. The first-order valence-corrected chi connectivity index (χ1v) is 12.4. The lowest BCUT2D eigenvalue weighted by molar-refractivity contribution is -0.117. The van der Waals surface area contributed by atoms with E-state index in [0.717, 1.165) is 18.7 Å². The molecule has 0 bridgehead atoms. The molecule has 0 radical (unpaired) electrons. The van der Waals surface area contributed by atoms with Gasteiger partial charge in [0.05, 0.1) is 16.5 Å². The Morgan fingerprint density at radius 1 is 1.09 bits per heavy atom. The molecule has 3 heterocycles. The highest BCUT2D eigenvalue weighted by molar-refractivity contribution is 7.89. The van der Waals surface area contributed by atoms with Crippen LogP contribution in [0.2, 0.25) is 0 Å². The zero-order chi connectivity index (χ0) is 23.0. The number of amides is 1. The summed E-state index contributed by atoms with van der Waals surface area (Å²) >= 11 is 0. The molecule has 2 aliphatic rings. The van der Waals surface area contributed by atoms with Crippen molar-refractivity contribution < 1.29 is 13.2 Å². The van der Waals surface area contributed by atoms with Crippen LogP contribution in [-0.4, -0.2) is 48.1 Å². The Balaban J connectivity index is 1.26. The maximum absolute atomic E-state index is 12.7. The quantitative estimate of drug-likeness (QED) is 0.568. The normalized spacial score (nSPS) is 17.1. The van der Waals surface area contributed by atoms with E-state index in [4.69, 9.17) is 5.26 Å². The fourth-order valence-electron chi connectivity index (χ4n) is 3.99. The van der Waals surface area contributed by atoms with Gasteiger partial charge in [-0.2, -0.15) is 14.8 Å². The summed E-state index contributed by atoms with van der Waals surface area (Å²) in [4.78, 5) is 18.7. The molecule has 1 saturated heterocycles. The van der Waals surface area contributed by atoms with Gasteiger partial charge in [-0.1, -0.05) is 12.1 Å². The summed E-state index contributed by atoms with van der Waals surface area (Å²) in [7, 11) is -3.71. The van der Waals surface area contributed by atoms with Crippen molar-refractivity contribution in [1.29, 1.82) is 5.26 Å². The zero-order valence-electron chi connectivity index (χ0n) is 17.8. The average molecular weight is 466 g/mol. The molecule has 1 amide bonds. The van der Waals surface area contributed by atoms with E-state index in [-0.39, 0.29) is 22.8 Å². The Bertz CT molecular complexity index is 1350. The van der Waals surface area contributed by atoms with Crippen LogP contribution < -0.4 is 14.9 Å². The van der Waals surface area contributed by atoms with Crippen LogP contribution in [0.25, 0.3) is 5.65 Å². The number of rotatable bonds is 6. The smallest absolute Gasteiger partial charge is 0.249 e. The van der Waals surface area contributed by atoms with E-state index in [0.29, 0.717) is 43.1 Å². The number of piperidine rings is 1. The fourth-order valence-corrected chi connectivity index (χ4v) is 5.34. The number of fused-ring (bicyclic) bond motifs is 1. The number of pyridine rings is 1. The van der Waals surface area contributed by atoms with Crippen molar-refractivity contribution in [3.8, 4) is 6.07 Å². The highest BCUT2D eigenvalue weighted by Gasteiger charge is 2.31. The third kappa shape index (κ3) is 4.53. The first-order chi connectivity index (χ1) is 15.9. The van der Waals surface area contributed by atoms with Crippen LogP contribution in [0.1, 0.15) is 31.2 Å². The van der Waals surface area contributed by atoms with Crippen molar-refractivity contribution in [1.82, 2.24) is 19.3 Å². The van der Waals surface area contributed by atoms with Crippen LogP contribution in [0.3, 0.4) is 0 Å². The largest absolute Gasteiger partial charge is 0.356 e. The van der Waals surface area contributed by atoms with E-state index in [9.17, 15) is 13.2 Å². The number of carbonyl (C=O) groups is 1. The van der Waals surface area contributed by atoms with Crippen molar-refractivity contribution in [3.05, 3.63) is 48.0 Å². The minimum Gasteiger partial charge on any atom is -0.356 e. The average Bonchev–Trinajstić information content (AvgIpc) is 3.59. The maximum atomic E-state index is 12.7. The van der Waals surface area contributed by atoms with E-state index >= 15 is 0 Å². The van der Waals surface area contributed by atoms with Gasteiger partial charge in [-0.05, 0) is 56.0 Å². The molecule has 0 atom stereocenters. The second kappa shape index (κ2) is 8.46. The second-order valence-electron chi connectivity index (χ2n) is 8.38. The lowest BCUT2D eigenvalue weighted by Crippen LogP contribution is -2.45. The number of carbonyl (C=O) groups excluding carboxylic acids is 1. The van der Waals surface area contributed by atoms with E-state index in [2.05, 4.69) is 25.0 Å². The number of benzene rings is 1. The van der Waals surface area contributed by atoms with Crippen molar-refractivity contribution in [2.24, 2.45) is 5.92 Å². The third-order valence-electron chi connectivity index (χ3n) is 5.94. The molecular weight excluding hydrogens is 442 g/mol. The van der Waals surface area contributed by atoms with Gasteiger partial charge in [0, 0.05) is 25.0 Å². The van der Waals surface area contributed by atoms with E-state index < -0.39 is 10.0 Å². The molecule has 0 spiro atoms. The highest BCUT2D eigenvalue weighted by Crippen LogP contribution is 2.30. The summed E-state index contributed by atoms with van der Waals surface area (Å²) in [5, 5.41) is 16.3. The Labute approximate surface area is 191 Å². The van der Waals surface area contributed by atoms with Crippen molar-refractivity contribution in [3.63, 3.8) is 0 Å². The minimum atomic E-state index is -3.71. The Morgan fingerprint density at radius 2 is 1.85 bits per heavy atom. The lowest BCUT2D eigenvalue weighted by atomic mass is 10.1. The van der Waals surface area contributed by atoms with Gasteiger partial charge in [0.25, 0.3) is 0 Å². The first kappa shape index (κ1) is 21.4. The number of hydrogen-bond donors (Lipinski definition) is 2. The van der Waals surface area contributed by atoms with Gasteiger partial charge in [0.2, 0.25) is 21.9 Å². The molecule has 33 heavy (non-hydrogen) atoms. The molecule has 10 nitrogen and oxygen atoms in total. The van der Waals surface area contributed by atoms with Gasteiger partial charge in [0.1, 0.15) is 5.82 Å². The van der Waals surface area contributed by atoms with Crippen LogP contribution in [0.4, 0.5) is 11.8 Å². The molecule has 1 aliphatic heterocycles. The van der Waals surface area contributed by atoms with Gasteiger partial charge >= 0.3 is 0 Å². The molecule has 2 aromatic heterocycles. The van der Waals surface area contributed by atoms with Gasteiger partial charge in [-0.25, -0.2) is 13.1 Å². The molecule has 3 aromatic rings. The molecule has 11 heteroatoms.